The Balaban J connectivity index is 1.62. The summed E-state index contributed by atoms with van der Waals surface area (Å²) < 4.78 is 0. The van der Waals surface area contributed by atoms with Crippen LogP contribution in [0.25, 0.3) is 0 Å². The van der Waals surface area contributed by atoms with Crippen molar-refractivity contribution < 1.29 is 9.59 Å². The Hall–Kier alpha value is -2.62. The number of benzene rings is 2. The molecule has 4 heteroatoms. The van der Waals surface area contributed by atoms with Crippen LogP contribution >= 0.6 is 0 Å². The van der Waals surface area contributed by atoms with Gasteiger partial charge in [-0.3, -0.25) is 9.59 Å². The summed E-state index contributed by atoms with van der Waals surface area (Å²) in [6.07, 6.45) is 4.61. The first-order chi connectivity index (χ1) is 12.6. The summed E-state index contributed by atoms with van der Waals surface area (Å²) in [7, 11) is 1.80. The highest BCUT2D eigenvalue weighted by Gasteiger charge is 2.17. The van der Waals surface area contributed by atoms with E-state index in [1.54, 1.807) is 11.9 Å². The first kappa shape index (κ1) is 18.2. The van der Waals surface area contributed by atoms with Gasteiger partial charge in [-0.1, -0.05) is 43.2 Å². The molecule has 1 fully saturated rings. The summed E-state index contributed by atoms with van der Waals surface area (Å²) in [5, 5.41) is 0. The molecule has 136 valence electrons. The standard InChI is InChI=1S/C22H26N2O2/c1-23(21(25)19-9-5-4-6-10-19)17-18-11-13-20(14-12-18)22(26)24-15-7-2-3-8-16-24/h4-6,9-14H,2-3,7-8,15-17H2,1H3. The van der Waals surface area contributed by atoms with Crippen LogP contribution in [0.4, 0.5) is 0 Å². The van der Waals surface area contributed by atoms with Gasteiger partial charge in [0.25, 0.3) is 11.8 Å². The first-order valence-corrected chi connectivity index (χ1v) is 9.34. The largest absolute Gasteiger partial charge is 0.339 e. The predicted molar refractivity (Wildman–Crippen MR) is 103 cm³/mol. The molecule has 1 aliphatic heterocycles. The predicted octanol–water partition coefficient (Wildman–Crippen LogP) is 3.98. The minimum atomic E-state index is -0.00433. The SMILES string of the molecule is CN(Cc1ccc(C(=O)N2CCCCCC2)cc1)C(=O)c1ccccc1. The topological polar surface area (TPSA) is 40.6 Å². The van der Waals surface area contributed by atoms with Crippen LogP contribution in [0, 0.1) is 0 Å². The van der Waals surface area contributed by atoms with E-state index in [2.05, 4.69) is 0 Å². The molecule has 2 aromatic carbocycles. The molecule has 4 nitrogen and oxygen atoms in total. The van der Waals surface area contributed by atoms with Crippen molar-refractivity contribution >= 4 is 11.8 Å². The molecule has 1 heterocycles. The Bertz CT molecular complexity index is 732. The maximum absolute atomic E-state index is 12.6. The molecule has 26 heavy (non-hydrogen) atoms. The molecule has 2 aromatic rings. The molecule has 0 atom stereocenters. The van der Waals surface area contributed by atoms with Crippen LogP contribution < -0.4 is 0 Å². The number of likely N-dealkylation sites (tertiary alicyclic amines) is 1. The Kier molecular flexibility index (Phi) is 6.05. The molecule has 0 N–H and O–H groups in total. The second kappa shape index (κ2) is 8.65. The van der Waals surface area contributed by atoms with Crippen molar-refractivity contribution in [2.45, 2.75) is 32.2 Å². The third-order valence-electron chi connectivity index (χ3n) is 4.88. The van der Waals surface area contributed by atoms with Gasteiger partial charge in [0.15, 0.2) is 0 Å². The van der Waals surface area contributed by atoms with Crippen molar-refractivity contribution in [2.75, 3.05) is 20.1 Å². The number of rotatable bonds is 4. The smallest absolute Gasteiger partial charge is 0.253 e. The van der Waals surface area contributed by atoms with Gasteiger partial charge in [0, 0.05) is 37.8 Å². The van der Waals surface area contributed by atoms with Gasteiger partial charge in [-0.15, -0.1) is 0 Å². The van der Waals surface area contributed by atoms with Gasteiger partial charge in [-0.25, -0.2) is 0 Å². The summed E-state index contributed by atoms with van der Waals surface area (Å²) in [6.45, 7) is 2.23. The molecule has 2 amide bonds. The Morgan fingerprint density at radius 3 is 2.08 bits per heavy atom. The summed E-state index contributed by atoms with van der Waals surface area (Å²) >= 11 is 0. The summed E-state index contributed by atoms with van der Waals surface area (Å²) in [5.74, 6) is 0.113. The second-order valence-electron chi connectivity index (χ2n) is 6.93. The van der Waals surface area contributed by atoms with Crippen LogP contribution in [0.1, 0.15) is 52.0 Å². The number of carbonyl (C=O) groups excluding carboxylic acids is 2. The zero-order valence-electron chi connectivity index (χ0n) is 15.4. The molecular formula is C22H26N2O2. The number of amides is 2. The summed E-state index contributed by atoms with van der Waals surface area (Å²) in [4.78, 5) is 28.7. The van der Waals surface area contributed by atoms with Crippen LogP contribution in [0.2, 0.25) is 0 Å². The van der Waals surface area contributed by atoms with Gasteiger partial charge in [0.2, 0.25) is 0 Å². The van der Waals surface area contributed by atoms with Crippen LogP contribution in [-0.2, 0) is 6.54 Å². The zero-order chi connectivity index (χ0) is 18.4. The highest BCUT2D eigenvalue weighted by atomic mass is 16.2. The minimum Gasteiger partial charge on any atom is -0.339 e. The zero-order valence-corrected chi connectivity index (χ0v) is 15.4. The van der Waals surface area contributed by atoms with Gasteiger partial charge >= 0.3 is 0 Å². The van der Waals surface area contributed by atoms with E-state index < -0.39 is 0 Å². The first-order valence-electron chi connectivity index (χ1n) is 9.34. The van der Waals surface area contributed by atoms with E-state index in [4.69, 9.17) is 0 Å². The van der Waals surface area contributed by atoms with Gasteiger partial charge < -0.3 is 9.80 Å². The van der Waals surface area contributed by atoms with Crippen LogP contribution in [0.3, 0.4) is 0 Å². The van der Waals surface area contributed by atoms with E-state index in [9.17, 15) is 9.59 Å². The molecule has 3 rings (SSSR count). The van der Waals surface area contributed by atoms with Crippen molar-refractivity contribution in [3.8, 4) is 0 Å². The molecule has 0 saturated carbocycles. The average Bonchev–Trinajstić information content (AvgIpc) is 2.97. The minimum absolute atomic E-state index is 0.00433. The van der Waals surface area contributed by atoms with Gasteiger partial charge in [-0.05, 0) is 42.7 Å². The van der Waals surface area contributed by atoms with Crippen molar-refractivity contribution in [3.05, 3.63) is 71.3 Å². The lowest BCUT2D eigenvalue weighted by atomic mass is 10.1. The molecule has 0 radical (unpaired) electrons. The Labute approximate surface area is 155 Å². The molecule has 0 bridgehead atoms. The normalized spacial score (nSPS) is 14.6. The molecule has 0 aliphatic carbocycles. The highest BCUT2D eigenvalue weighted by molar-refractivity contribution is 5.95. The molecule has 0 unspecified atom stereocenters. The van der Waals surface area contributed by atoms with E-state index in [0.29, 0.717) is 12.1 Å². The van der Waals surface area contributed by atoms with E-state index in [-0.39, 0.29) is 11.8 Å². The van der Waals surface area contributed by atoms with Crippen LogP contribution in [0.5, 0.6) is 0 Å². The van der Waals surface area contributed by atoms with E-state index in [1.807, 2.05) is 59.5 Å². The van der Waals surface area contributed by atoms with Gasteiger partial charge in [0.05, 0.1) is 0 Å². The summed E-state index contributed by atoms with van der Waals surface area (Å²) in [6, 6.07) is 16.9. The lowest BCUT2D eigenvalue weighted by Gasteiger charge is -2.21. The van der Waals surface area contributed by atoms with Crippen molar-refractivity contribution in [1.29, 1.82) is 0 Å². The molecule has 0 aromatic heterocycles. The lowest BCUT2D eigenvalue weighted by molar-refractivity contribution is 0.0758. The Morgan fingerprint density at radius 1 is 0.846 bits per heavy atom. The molecule has 0 spiro atoms. The second-order valence-corrected chi connectivity index (χ2v) is 6.93. The molecule has 1 aliphatic rings. The average molecular weight is 350 g/mol. The van der Waals surface area contributed by atoms with Crippen molar-refractivity contribution in [3.63, 3.8) is 0 Å². The van der Waals surface area contributed by atoms with Crippen molar-refractivity contribution in [2.24, 2.45) is 0 Å². The monoisotopic (exact) mass is 350 g/mol. The maximum atomic E-state index is 12.6. The fourth-order valence-electron chi connectivity index (χ4n) is 3.36. The number of carbonyl (C=O) groups is 2. The fraction of sp³-hybridized carbons (Fsp3) is 0.364. The van der Waals surface area contributed by atoms with Crippen molar-refractivity contribution in [1.82, 2.24) is 9.80 Å². The quantitative estimate of drug-likeness (QED) is 0.837. The maximum Gasteiger partial charge on any atom is 0.253 e. The van der Waals surface area contributed by atoms with Crippen LogP contribution in [-0.4, -0.2) is 41.8 Å². The third-order valence-corrected chi connectivity index (χ3v) is 4.88. The van der Waals surface area contributed by atoms with E-state index in [1.165, 1.54) is 12.8 Å². The van der Waals surface area contributed by atoms with Gasteiger partial charge in [0.1, 0.15) is 0 Å². The number of nitrogens with zero attached hydrogens (tertiary/aromatic N) is 2. The number of hydrogen-bond acceptors (Lipinski definition) is 2. The lowest BCUT2D eigenvalue weighted by Crippen LogP contribution is -2.31. The number of hydrogen-bond donors (Lipinski definition) is 0. The third kappa shape index (κ3) is 4.51. The Morgan fingerprint density at radius 2 is 1.46 bits per heavy atom. The summed E-state index contributed by atoms with van der Waals surface area (Å²) in [5.41, 5.74) is 2.43. The van der Waals surface area contributed by atoms with Gasteiger partial charge in [-0.2, -0.15) is 0 Å². The van der Waals surface area contributed by atoms with E-state index >= 15 is 0 Å². The van der Waals surface area contributed by atoms with Crippen LogP contribution in [0.15, 0.2) is 54.6 Å². The fourth-order valence-corrected chi connectivity index (χ4v) is 3.36. The molecular weight excluding hydrogens is 324 g/mol. The highest BCUT2D eigenvalue weighted by Crippen LogP contribution is 2.15. The molecule has 1 saturated heterocycles. The van der Waals surface area contributed by atoms with E-state index in [0.717, 1.165) is 37.1 Å².